The lowest BCUT2D eigenvalue weighted by atomic mass is 10.1. The molecule has 0 saturated carbocycles. The molecule has 3 N–H and O–H groups in total. The fraction of sp³-hybridized carbons (Fsp3) is 0.727. The van der Waals surface area contributed by atoms with Crippen molar-refractivity contribution >= 4 is 5.82 Å². The number of anilines is 1. The topological polar surface area (TPSA) is 55.9 Å². The van der Waals surface area contributed by atoms with Crippen molar-refractivity contribution in [3.05, 3.63) is 11.8 Å². The zero-order valence-corrected chi connectivity index (χ0v) is 9.95. The minimum absolute atomic E-state index is 0.625. The summed E-state index contributed by atoms with van der Waals surface area (Å²) in [5.41, 5.74) is 6.61. The van der Waals surface area contributed by atoms with Crippen molar-refractivity contribution in [2.45, 2.75) is 26.7 Å². The van der Waals surface area contributed by atoms with Gasteiger partial charge in [-0.1, -0.05) is 6.92 Å². The van der Waals surface area contributed by atoms with Gasteiger partial charge in [0.15, 0.2) is 0 Å². The van der Waals surface area contributed by atoms with E-state index in [9.17, 15) is 0 Å². The van der Waals surface area contributed by atoms with E-state index in [0.717, 1.165) is 31.0 Å². The first-order valence-electron chi connectivity index (χ1n) is 5.58. The van der Waals surface area contributed by atoms with Gasteiger partial charge in [-0.15, -0.1) is 0 Å². The smallest absolute Gasteiger partial charge is 0.124 e. The van der Waals surface area contributed by atoms with Crippen LogP contribution in [0.5, 0.6) is 0 Å². The molecule has 1 aromatic rings. The number of hydrogen-bond acceptors (Lipinski definition) is 3. The van der Waals surface area contributed by atoms with E-state index < -0.39 is 0 Å². The lowest BCUT2D eigenvalue weighted by Gasteiger charge is -2.09. The minimum Gasteiger partial charge on any atom is -0.370 e. The van der Waals surface area contributed by atoms with Crippen molar-refractivity contribution in [2.75, 3.05) is 18.4 Å². The van der Waals surface area contributed by atoms with E-state index in [0.29, 0.717) is 5.92 Å². The molecule has 0 amide bonds. The first-order valence-corrected chi connectivity index (χ1v) is 5.58. The maximum Gasteiger partial charge on any atom is 0.124 e. The minimum atomic E-state index is 0.625. The molecule has 1 rings (SSSR count). The van der Waals surface area contributed by atoms with Crippen LogP contribution < -0.4 is 11.1 Å². The molecule has 0 fully saturated rings. The molecule has 15 heavy (non-hydrogen) atoms. The van der Waals surface area contributed by atoms with Crippen LogP contribution >= 0.6 is 0 Å². The third-order valence-corrected chi connectivity index (χ3v) is 2.58. The third kappa shape index (κ3) is 3.91. The Labute approximate surface area is 91.8 Å². The van der Waals surface area contributed by atoms with Gasteiger partial charge in [0.05, 0.1) is 5.69 Å². The van der Waals surface area contributed by atoms with Crippen molar-refractivity contribution in [1.82, 2.24) is 9.78 Å². The summed E-state index contributed by atoms with van der Waals surface area (Å²) in [6.07, 6.45) is 2.34. The highest BCUT2D eigenvalue weighted by Gasteiger charge is 2.01. The van der Waals surface area contributed by atoms with Crippen LogP contribution in [0.1, 0.15) is 25.5 Å². The van der Waals surface area contributed by atoms with Crippen molar-refractivity contribution < 1.29 is 0 Å². The van der Waals surface area contributed by atoms with Gasteiger partial charge in [-0.25, -0.2) is 0 Å². The molecule has 86 valence electrons. The average Bonchev–Trinajstić information content (AvgIpc) is 2.52. The molecule has 1 heterocycles. The Hall–Kier alpha value is -1.03. The summed E-state index contributed by atoms with van der Waals surface area (Å²) in [6.45, 7) is 5.96. The van der Waals surface area contributed by atoms with E-state index in [-0.39, 0.29) is 0 Å². The molecule has 4 nitrogen and oxygen atoms in total. The molecule has 0 aliphatic rings. The Balaban J connectivity index is 2.23. The van der Waals surface area contributed by atoms with Gasteiger partial charge in [-0.3, -0.25) is 4.68 Å². The Bertz CT molecular complexity index is 293. The molecule has 0 saturated heterocycles. The molecule has 0 radical (unpaired) electrons. The molecule has 1 unspecified atom stereocenters. The van der Waals surface area contributed by atoms with Crippen molar-refractivity contribution in [2.24, 2.45) is 18.7 Å². The zero-order valence-electron chi connectivity index (χ0n) is 9.95. The number of aromatic nitrogens is 2. The SMILES string of the molecule is Cc1cc(NCCCC(C)CN)n(C)n1. The van der Waals surface area contributed by atoms with Crippen LogP contribution in [0.2, 0.25) is 0 Å². The fourth-order valence-electron chi connectivity index (χ4n) is 1.56. The summed E-state index contributed by atoms with van der Waals surface area (Å²) in [6, 6.07) is 2.06. The van der Waals surface area contributed by atoms with E-state index in [1.807, 2.05) is 18.7 Å². The van der Waals surface area contributed by atoms with Gasteiger partial charge in [-0.2, -0.15) is 5.10 Å². The second-order valence-electron chi connectivity index (χ2n) is 4.20. The lowest BCUT2D eigenvalue weighted by molar-refractivity contribution is 0.529. The molecule has 0 aromatic carbocycles. The first-order chi connectivity index (χ1) is 7.13. The molecule has 0 aliphatic carbocycles. The number of nitrogens with one attached hydrogen (secondary N) is 1. The van der Waals surface area contributed by atoms with Crippen LogP contribution in [0.4, 0.5) is 5.82 Å². The number of nitrogens with two attached hydrogens (primary N) is 1. The molecular weight excluding hydrogens is 188 g/mol. The number of rotatable bonds is 6. The highest BCUT2D eigenvalue weighted by molar-refractivity contribution is 5.36. The van der Waals surface area contributed by atoms with Gasteiger partial charge in [0.1, 0.15) is 5.82 Å². The predicted molar refractivity (Wildman–Crippen MR) is 63.9 cm³/mol. The molecule has 4 heteroatoms. The van der Waals surface area contributed by atoms with Gasteiger partial charge >= 0.3 is 0 Å². The summed E-state index contributed by atoms with van der Waals surface area (Å²) in [7, 11) is 1.96. The third-order valence-electron chi connectivity index (χ3n) is 2.58. The van der Waals surface area contributed by atoms with Crippen LogP contribution in [0, 0.1) is 12.8 Å². The Morgan fingerprint density at radius 2 is 2.33 bits per heavy atom. The van der Waals surface area contributed by atoms with Crippen molar-refractivity contribution in [3.8, 4) is 0 Å². The molecule has 0 spiro atoms. The monoisotopic (exact) mass is 210 g/mol. The van der Waals surface area contributed by atoms with Crippen molar-refractivity contribution in [3.63, 3.8) is 0 Å². The maximum atomic E-state index is 5.56. The van der Waals surface area contributed by atoms with Crippen molar-refractivity contribution in [1.29, 1.82) is 0 Å². The van der Waals surface area contributed by atoms with E-state index >= 15 is 0 Å². The van der Waals surface area contributed by atoms with Gasteiger partial charge < -0.3 is 11.1 Å². The highest BCUT2D eigenvalue weighted by Crippen LogP contribution is 2.09. The quantitative estimate of drug-likeness (QED) is 0.700. The van der Waals surface area contributed by atoms with Crippen LogP contribution in [0.3, 0.4) is 0 Å². The largest absolute Gasteiger partial charge is 0.370 e. The summed E-state index contributed by atoms with van der Waals surface area (Å²) in [4.78, 5) is 0. The highest BCUT2D eigenvalue weighted by atomic mass is 15.3. The maximum absolute atomic E-state index is 5.56. The van der Waals surface area contributed by atoms with Crippen LogP contribution in [-0.4, -0.2) is 22.9 Å². The van der Waals surface area contributed by atoms with Gasteiger partial charge in [0, 0.05) is 19.7 Å². The summed E-state index contributed by atoms with van der Waals surface area (Å²) in [5.74, 6) is 1.72. The predicted octanol–water partition coefficient (Wildman–Crippen LogP) is 1.52. The van der Waals surface area contributed by atoms with E-state index in [1.165, 1.54) is 6.42 Å². The van der Waals surface area contributed by atoms with E-state index in [2.05, 4.69) is 23.4 Å². The summed E-state index contributed by atoms with van der Waals surface area (Å²) < 4.78 is 1.88. The second kappa shape index (κ2) is 5.75. The Morgan fingerprint density at radius 1 is 1.60 bits per heavy atom. The van der Waals surface area contributed by atoms with E-state index in [1.54, 1.807) is 0 Å². The zero-order chi connectivity index (χ0) is 11.3. The van der Waals surface area contributed by atoms with Gasteiger partial charge in [0.25, 0.3) is 0 Å². The van der Waals surface area contributed by atoms with Crippen LogP contribution in [0.25, 0.3) is 0 Å². The Kier molecular flexibility index (Phi) is 4.62. The first kappa shape index (κ1) is 12.0. The number of aryl methyl sites for hydroxylation is 2. The van der Waals surface area contributed by atoms with Gasteiger partial charge in [0.2, 0.25) is 0 Å². The average molecular weight is 210 g/mol. The Morgan fingerprint density at radius 3 is 2.87 bits per heavy atom. The summed E-state index contributed by atoms with van der Waals surface area (Å²) >= 11 is 0. The molecule has 1 atom stereocenters. The van der Waals surface area contributed by atoms with Crippen LogP contribution in [-0.2, 0) is 7.05 Å². The molecule has 0 bridgehead atoms. The summed E-state index contributed by atoms with van der Waals surface area (Å²) in [5, 5.41) is 7.65. The standard InChI is InChI=1S/C11H22N4/c1-9(8-12)5-4-6-13-11-7-10(2)14-15(11)3/h7,9,13H,4-6,8,12H2,1-3H3. The number of nitrogens with zero attached hydrogens (tertiary/aromatic N) is 2. The van der Waals surface area contributed by atoms with Crippen LogP contribution in [0.15, 0.2) is 6.07 Å². The molecule has 1 aromatic heterocycles. The second-order valence-corrected chi connectivity index (χ2v) is 4.20. The number of hydrogen-bond donors (Lipinski definition) is 2. The fourth-order valence-corrected chi connectivity index (χ4v) is 1.56. The van der Waals surface area contributed by atoms with Gasteiger partial charge in [-0.05, 0) is 32.2 Å². The van der Waals surface area contributed by atoms with E-state index in [4.69, 9.17) is 5.73 Å². The normalized spacial score (nSPS) is 12.8. The lowest BCUT2D eigenvalue weighted by Crippen LogP contribution is -2.13. The molecule has 0 aliphatic heterocycles. The molecular formula is C11H22N4.